The molecule has 2 aromatic rings. The van der Waals surface area contributed by atoms with Crippen molar-refractivity contribution in [1.29, 1.82) is 0 Å². The molecule has 0 aliphatic carbocycles. The van der Waals surface area contributed by atoms with Gasteiger partial charge in [-0.3, -0.25) is 9.59 Å². The zero-order valence-corrected chi connectivity index (χ0v) is 16.7. The fourth-order valence-corrected chi connectivity index (χ4v) is 3.74. The maximum atomic E-state index is 13.3. The second-order valence-corrected chi connectivity index (χ2v) is 7.39. The van der Waals surface area contributed by atoms with Crippen LogP contribution in [0.25, 0.3) is 0 Å². The maximum absolute atomic E-state index is 13.3. The van der Waals surface area contributed by atoms with Crippen LogP contribution in [-0.2, 0) is 9.53 Å². The SMILES string of the molecule is COCCNC(=O)C1CCC(c2ccccc2)N(C(=O)c2ccc(Cl)cc2)C1. The number of carbonyl (C=O) groups excluding carboxylic acids is 2. The van der Waals surface area contributed by atoms with Gasteiger partial charge in [0.15, 0.2) is 0 Å². The van der Waals surface area contributed by atoms with E-state index in [4.69, 9.17) is 16.3 Å². The van der Waals surface area contributed by atoms with Crippen LogP contribution in [0.3, 0.4) is 0 Å². The number of benzene rings is 2. The van der Waals surface area contributed by atoms with Crippen molar-refractivity contribution in [2.75, 3.05) is 26.8 Å². The molecule has 1 saturated heterocycles. The number of rotatable bonds is 6. The van der Waals surface area contributed by atoms with Gasteiger partial charge >= 0.3 is 0 Å². The molecule has 0 radical (unpaired) electrons. The standard InChI is InChI=1S/C22H25ClN2O3/c1-28-14-13-24-21(26)18-9-12-20(16-5-3-2-4-6-16)25(15-18)22(27)17-7-10-19(23)11-8-17/h2-8,10-11,18,20H,9,12-15H2,1H3,(H,24,26). The molecule has 3 rings (SSSR count). The fraction of sp³-hybridized carbons (Fsp3) is 0.364. The van der Waals surface area contributed by atoms with Crippen LogP contribution in [0.2, 0.25) is 5.02 Å². The summed E-state index contributed by atoms with van der Waals surface area (Å²) in [5.74, 6) is -0.342. The number of amides is 2. The van der Waals surface area contributed by atoms with E-state index >= 15 is 0 Å². The number of hydrogen-bond donors (Lipinski definition) is 1. The van der Waals surface area contributed by atoms with Gasteiger partial charge in [-0.2, -0.15) is 0 Å². The molecule has 1 aliphatic rings. The molecular weight excluding hydrogens is 376 g/mol. The summed E-state index contributed by atoms with van der Waals surface area (Å²) in [4.78, 5) is 27.6. The highest BCUT2D eigenvalue weighted by Crippen LogP contribution is 2.34. The molecule has 1 aliphatic heterocycles. The van der Waals surface area contributed by atoms with Gasteiger partial charge in [-0.05, 0) is 42.7 Å². The summed E-state index contributed by atoms with van der Waals surface area (Å²) < 4.78 is 4.99. The second-order valence-electron chi connectivity index (χ2n) is 6.95. The Hall–Kier alpha value is -2.37. The molecule has 1 fully saturated rings. The minimum atomic E-state index is -0.229. The van der Waals surface area contributed by atoms with E-state index in [1.807, 2.05) is 35.2 Å². The third kappa shape index (κ3) is 4.91. The molecule has 0 spiro atoms. The summed E-state index contributed by atoms with van der Waals surface area (Å²) in [6.45, 7) is 1.33. The van der Waals surface area contributed by atoms with E-state index in [0.29, 0.717) is 30.3 Å². The largest absolute Gasteiger partial charge is 0.383 e. The van der Waals surface area contributed by atoms with Gasteiger partial charge in [0.05, 0.1) is 18.6 Å². The first-order valence-electron chi connectivity index (χ1n) is 9.48. The first-order valence-corrected chi connectivity index (χ1v) is 9.86. The zero-order valence-electron chi connectivity index (χ0n) is 15.9. The van der Waals surface area contributed by atoms with Gasteiger partial charge in [0.25, 0.3) is 5.91 Å². The number of carbonyl (C=O) groups is 2. The number of methoxy groups -OCH3 is 1. The minimum Gasteiger partial charge on any atom is -0.383 e. The Balaban J connectivity index is 1.81. The van der Waals surface area contributed by atoms with E-state index in [2.05, 4.69) is 5.32 Å². The Labute approximate surface area is 170 Å². The van der Waals surface area contributed by atoms with Gasteiger partial charge in [0.2, 0.25) is 5.91 Å². The number of halogens is 1. The van der Waals surface area contributed by atoms with Crippen molar-refractivity contribution in [1.82, 2.24) is 10.2 Å². The summed E-state index contributed by atoms with van der Waals surface area (Å²) in [6.07, 6.45) is 1.48. The lowest BCUT2D eigenvalue weighted by atomic mass is 9.88. The Morgan fingerprint density at radius 2 is 1.82 bits per heavy atom. The van der Waals surface area contributed by atoms with Crippen LogP contribution in [0.5, 0.6) is 0 Å². The molecule has 1 heterocycles. The fourth-order valence-electron chi connectivity index (χ4n) is 3.61. The van der Waals surface area contributed by atoms with Crippen molar-refractivity contribution in [2.45, 2.75) is 18.9 Å². The summed E-state index contributed by atoms with van der Waals surface area (Å²) in [6, 6.07) is 16.8. The monoisotopic (exact) mass is 400 g/mol. The van der Waals surface area contributed by atoms with Gasteiger partial charge in [0, 0.05) is 30.8 Å². The highest BCUT2D eigenvalue weighted by atomic mass is 35.5. The van der Waals surface area contributed by atoms with Crippen molar-refractivity contribution < 1.29 is 14.3 Å². The average molecular weight is 401 g/mol. The third-order valence-corrected chi connectivity index (χ3v) is 5.35. The number of likely N-dealkylation sites (tertiary alicyclic amines) is 1. The first kappa shape index (κ1) is 20.4. The Morgan fingerprint density at radius 3 is 2.50 bits per heavy atom. The van der Waals surface area contributed by atoms with E-state index in [0.717, 1.165) is 18.4 Å². The smallest absolute Gasteiger partial charge is 0.254 e. The van der Waals surface area contributed by atoms with Crippen LogP contribution in [0, 0.1) is 5.92 Å². The molecule has 0 aromatic heterocycles. The van der Waals surface area contributed by atoms with Crippen molar-refractivity contribution >= 4 is 23.4 Å². The lowest BCUT2D eigenvalue weighted by Gasteiger charge is -2.39. The van der Waals surface area contributed by atoms with Crippen LogP contribution >= 0.6 is 11.6 Å². The van der Waals surface area contributed by atoms with E-state index in [9.17, 15) is 9.59 Å². The van der Waals surface area contributed by atoms with Crippen molar-refractivity contribution in [3.8, 4) is 0 Å². The molecule has 2 aromatic carbocycles. The molecular formula is C22H25ClN2O3. The average Bonchev–Trinajstić information content (AvgIpc) is 2.74. The predicted octanol–water partition coefficient (Wildman–Crippen LogP) is 3.70. The van der Waals surface area contributed by atoms with Crippen LogP contribution in [0.1, 0.15) is 34.8 Å². The zero-order chi connectivity index (χ0) is 19.9. The molecule has 2 unspecified atom stereocenters. The molecule has 6 heteroatoms. The highest BCUT2D eigenvalue weighted by molar-refractivity contribution is 6.30. The van der Waals surface area contributed by atoms with Crippen molar-refractivity contribution in [2.24, 2.45) is 5.92 Å². The maximum Gasteiger partial charge on any atom is 0.254 e. The van der Waals surface area contributed by atoms with Gasteiger partial charge < -0.3 is 15.0 Å². The molecule has 2 atom stereocenters. The normalized spacial score (nSPS) is 19.3. The number of ether oxygens (including phenoxy) is 1. The van der Waals surface area contributed by atoms with Gasteiger partial charge in [-0.1, -0.05) is 41.9 Å². The third-order valence-electron chi connectivity index (χ3n) is 5.09. The number of nitrogens with zero attached hydrogens (tertiary/aromatic N) is 1. The van der Waals surface area contributed by atoms with E-state index < -0.39 is 0 Å². The lowest BCUT2D eigenvalue weighted by Crippen LogP contribution is -2.47. The van der Waals surface area contributed by atoms with Crippen LogP contribution in [0.4, 0.5) is 0 Å². The van der Waals surface area contributed by atoms with E-state index in [1.165, 1.54) is 0 Å². The number of piperidine rings is 1. The van der Waals surface area contributed by atoms with Crippen molar-refractivity contribution in [3.05, 3.63) is 70.7 Å². The molecule has 2 amide bonds. The topological polar surface area (TPSA) is 58.6 Å². The summed E-state index contributed by atoms with van der Waals surface area (Å²) in [7, 11) is 1.60. The summed E-state index contributed by atoms with van der Waals surface area (Å²) >= 11 is 5.96. The minimum absolute atomic E-state index is 0.0301. The number of hydrogen-bond acceptors (Lipinski definition) is 3. The summed E-state index contributed by atoms with van der Waals surface area (Å²) in [5.41, 5.74) is 1.66. The van der Waals surface area contributed by atoms with E-state index in [1.54, 1.807) is 31.4 Å². The lowest BCUT2D eigenvalue weighted by molar-refractivity contribution is -0.127. The Bertz CT molecular complexity index is 795. The van der Waals surface area contributed by atoms with Crippen LogP contribution in [-0.4, -0.2) is 43.5 Å². The first-order chi connectivity index (χ1) is 13.6. The predicted molar refractivity (Wildman–Crippen MR) is 109 cm³/mol. The van der Waals surface area contributed by atoms with Crippen LogP contribution < -0.4 is 5.32 Å². The van der Waals surface area contributed by atoms with Gasteiger partial charge in [-0.25, -0.2) is 0 Å². The molecule has 0 saturated carbocycles. The van der Waals surface area contributed by atoms with Gasteiger partial charge in [-0.15, -0.1) is 0 Å². The van der Waals surface area contributed by atoms with Crippen LogP contribution in [0.15, 0.2) is 54.6 Å². The highest BCUT2D eigenvalue weighted by Gasteiger charge is 2.35. The molecule has 0 bridgehead atoms. The number of nitrogens with one attached hydrogen (secondary N) is 1. The summed E-state index contributed by atoms with van der Waals surface area (Å²) in [5, 5.41) is 3.48. The molecule has 148 valence electrons. The molecule has 1 N–H and O–H groups in total. The second kappa shape index (κ2) is 9.71. The Kier molecular flexibility index (Phi) is 7.06. The quantitative estimate of drug-likeness (QED) is 0.752. The van der Waals surface area contributed by atoms with Crippen molar-refractivity contribution in [3.63, 3.8) is 0 Å². The molecule has 5 nitrogen and oxygen atoms in total. The van der Waals surface area contributed by atoms with Gasteiger partial charge in [0.1, 0.15) is 0 Å². The Morgan fingerprint density at radius 1 is 1.11 bits per heavy atom. The van der Waals surface area contributed by atoms with E-state index in [-0.39, 0.29) is 23.8 Å². The molecule has 28 heavy (non-hydrogen) atoms.